The van der Waals surface area contributed by atoms with Gasteiger partial charge < -0.3 is 34.9 Å². The molecule has 0 aliphatic carbocycles. The first-order valence-electron chi connectivity index (χ1n) is 11.3. The summed E-state index contributed by atoms with van der Waals surface area (Å²) in [6.07, 6.45) is -3.38. The van der Waals surface area contributed by atoms with Crippen LogP contribution in [-0.4, -0.2) is 68.8 Å². The Morgan fingerprint density at radius 2 is 2.11 bits per heavy atom. The molecule has 1 unspecified atom stereocenters. The number of hydrogen-bond acceptors (Lipinski definition) is 11. The molecule has 12 heteroatoms. The number of rotatable bonds is 9. The van der Waals surface area contributed by atoms with E-state index in [0.29, 0.717) is 5.52 Å². The molecule has 3 heterocycles. The number of fused-ring (bicyclic) bond motifs is 1. The summed E-state index contributed by atoms with van der Waals surface area (Å²) < 4.78 is 23.8. The van der Waals surface area contributed by atoms with E-state index in [0.717, 1.165) is 0 Å². The van der Waals surface area contributed by atoms with Crippen LogP contribution in [0.3, 0.4) is 0 Å². The molecule has 1 aliphatic heterocycles. The molecule has 0 spiro atoms. The van der Waals surface area contributed by atoms with Gasteiger partial charge in [-0.2, -0.15) is 10.4 Å². The number of aromatic nitrogens is 3. The highest BCUT2D eigenvalue weighted by molar-refractivity contribution is 5.69. The topological polar surface area (TPSA) is 174 Å². The molecule has 1 aliphatic rings. The van der Waals surface area contributed by atoms with Crippen molar-refractivity contribution in [2.45, 2.75) is 71.2 Å². The van der Waals surface area contributed by atoms with Crippen molar-refractivity contribution in [1.29, 1.82) is 5.26 Å². The zero-order chi connectivity index (χ0) is 26.0. The highest BCUT2D eigenvalue weighted by Gasteiger charge is 2.59. The monoisotopic (exact) mass is 491 g/mol. The van der Waals surface area contributed by atoms with Crippen LogP contribution in [0.2, 0.25) is 0 Å². The van der Waals surface area contributed by atoms with Gasteiger partial charge in [-0.25, -0.2) is 9.50 Å². The third kappa shape index (κ3) is 5.55. The number of ether oxygens (including phenoxy) is 4. The van der Waals surface area contributed by atoms with Gasteiger partial charge in [0.25, 0.3) is 0 Å². The normalized spacial score (nSPS) is 25.6. The predicted molar refractivity (Wildman–Crippen MR) is 122 cm³/mol. The molecule has 2 aromatic rings. The molecule has 5 atom stereocenters. The average molecular weight is 492 g/mol. The second kappa shape index (κ2) is 10.4. The zero-order valence-electron chi connectivity index (χ0n) is 20.5. The van der Waals surface area contributed by atoms with Crippen LogP contribution in [0.5, 0.6) is 0 Å². The SMILES string of the molecule is CC(C)CC(=O)OC[C@H]1O[C@@](C#N)(c2ccc3c(N)ncnn23)[C@H](O)[C@@H]1OCOC(O)C(C)(C)C. The van der Waals surface area contributed by atoms with E-state index < -0.39 is 48.4 Å². The summed E-state index contributed by atoms with van der Waals surface area (Å²) in [5.74, 6) is -0.171. The lowest BCUT2D eigenvalue weighted by Crippen LogP contribution is -2.43. The van der Waals surface area contributed by atoms with Gasteiger partial charge in [0.05, 0.1) is 5.69 Å². The van der Waals surface area contributed by atoms with Crippen LogP contribution in [0.1, 0.15) is 46.7 Å². The van der Waals surface area contributed by atoms with Crippen molar-refractivity contribution < 1.29 is 34.0 Å². The van der Waals surface area contributed by atoms with E-state index in [-0.39, 0.29) is 30.5 Å². The Hall–Kier alpha value is -2.82. The second-order valence-electron chi connectivity index (χ2n) is 10.0. The number of nitrogens with zero attached hydrogens (tertiary/aromatic N) is 4. The van der Waals surface area contributed by atoms with E-state index >= 15 is 0 Å². The Labute approximate surface area is 203 Å². The van der Waals surface area contributed by atoms with Crippen LogP contribution in [0.15, 0.2) is 18.5 Å². The van der Waals surface area contributed by atoms with Gasteiger partial charge in [-0.05, 0) is 18.1 Å². The lowest BCUT2D eigenvalue weighted by atomic mass is 9.92. The Kier molecular flexibility index (Phi) is 7.98. The third-order valence-electron chi connectivity index (χ3n) is 5.67. The van der Waals surface area contributed by atoms with Gasteiger partial charge in [0.1, 0.15) is 42.8 Å². The van der Waals surface area contributed by atoms with Crippen LogP contribution >= 0.6 is 0 Å². The van der Waals surface area contributed by atoms with Crippen LogP contribution in [0.4, 0.5) is 5.82 Å². The zero-order valence-corrected chi connectivity index (χ0v) is 20.5. The lowest BCUT2D eigenvalue weighted by Gasteiger charge is -2.27. The highest BCUT2D eigenvalue weighted by atomic mass is 16.7. The number of carbonyl (C=O) groups excluding carboxylic acids is 1. The predicted octanol–water partition coefficient (Wildman–Crippen LogP) is 1.10. The molecule has 0 bridgehead atoms. The largest absolute Gasteiger partial charge is 0.463 e. The summed E-state index contributed by atoms with van der Waals surface area (Å²) in [5, 5.41) is 35.8. The van der Waals surface area contributed by atoms with Crippen molar-refractivity contribution in [2.24, 2.45) is 11.3 Å². The molecule has 0 aromatic carbocycles. The first-order chi connectivity index (χ1) is 16.4. The summed E-state index contributed by atoms with van der Waals surface area (Å²) in [7, 11) is 0. The summed E-state index contributed by atoms with van der Waals surface area (Å²) in [5.41, 5.74) is 4.05. The number of esters is 1. The van der Waals surface area contributed by atoms with Crippen molar-refractivity contribution in [3.05, 3.63) is 24.2 Å². The number of nitrogens with two attached hydrogens (primary N) is 1. The minimum atomic E-state index is -1.92. The Morgan fingerprint density at radius 3 is 2.74 bits per heavy atom. The number of aliphatic hydroxyl groups excluding tert-OH is 2. The molecule has 1 fully saturated rings. The van der Waals surface area contributed by atoms with E-state index in [2.05, 4.69) is 10.1 Å². The van der Waals surface area contributed by atoms with Crippen LogP contribution in [0, 0.1) is 22.7 Å². The molecule has 0 radical (unpaired) electrons. The molecular weight excluding hydrogens is 458 g/mol. The minimum absolute atomic E-state index is 0.0901. The fourth-order valence-corrected chi connectivity index (χ4v) is 3.73. The molecule has 35 heavy (non-hydrogen) atoms. The number of carbonyl (C=O) groups is 1. The maximum atomic E-state index is 12.1. The first kappa shape index (κ1) is 26.8. The lowest BCUT2D eigenvalue weighted by molar-refractivity contribution is -0.229. The third-order valence-corrected chi connectivity index (χ3v) is 5.67. The fraction of sp³-hybridized carbons (Fsp3) is 0.652. The van der Waals surface area contributed by atoms with Gasteiger partial charge in [-0.1, -0.05) is 34.6 Å². The van der Waals surface area contributed by atoms with E-state index in [1.54, 1.807) is 32.9 Å². The molecule has 0 saturated carbocycles. The molecule has 4 N–H and O–H groups in total. The van der Waals surface area contributed by atoms with E-state index in [1.807, 2.05) is 19.9 Å². The van der Waals surface area contributed by atoms with Gasteiger partial charge in [0.15, 0.2) is 18.9 Å². The standard InChI is InChI=1S/C23H33N5O7/c1-13(2)8-17(29)32-9-15-18(33-12-34-21(31)22(3,4)5)19(30)23(10-24,35-15)16-7-6-14-20(25)26-11-27-28(14)16/h6-7,11,13,15,18-19,21,30-31H,8-9,12H2,1-5H3,(H2,25,26,27)/t15-,18-,19-,21?,23+/m1/s1. The van der Waals surface area contributed by atoms with Gasteiger partial charge in [0.2, 0.25) is 5.60 Å². The summed E-state index contributed by atoms with van der Waals surface area (Å²) in [6, 6.07) is 5.20. The average Bonchev–Trinajstić information content (AvgIpc) is 3.32. The van der Waals surface area contributed by atoms with Crippen molar-refractivity contribution in [3.63, 3.8) is 0 Å². The van der Waals surface area contributed by atoms with Crippen LogP contribution in [-0.2, 0) is 29.3 Å². The van der Waals surface area contributed by atoms with Gasteiger partial charge in [0, 0.05) is 11.8 Å². The first-order valence-corrected chi connectivity index (χ1v) is 11.3. The number of nitrogen functional groups attached to an aromatic ring is 1. The number of aliphatic hydroxyl groups is 2. The summed E-state index contributed by atoms with van der Waals surface area (Å²) >= 11 is 0. The van der Waals surface area contributed by atoms with Crippen molar-refractivity contribution in [3.8, 4) is 6.07 Å². The van der Waals surface area contributed by atoms with E-state index in [4.69, 9.17) is 24.7 Å². The number of hydrogen-bond donors (Lipinski definition) is 3. The molecule has 3 rings (SSSR count). The highest BCUT2D eigenvalue weighted by Crippen LogP contribution is 2.41. The molecule has 0 amide bonds. The Balaban J connectivity index is 1.89. The molecule has 2 aromatic heterocycles. The quantitative estimate of drug-likeness (QED) is 0.338. The van der Waals surface area contributed by atoms with E-state index in [9.17, 15) is 20.3 Å². The second-order valence-corrected chi connectivity index (χ2v) is 10.0. The summed E-state index contributed by atoms with van der Waals surface area (Å²) in [6.45, 7) is 8.46. The molecular formula is C23H33N5O7. The molecule has 1 saturated heterocycles. The van der Waals surface area contributed by atoms with E-state index in [1.165, 1.54) is 10.8 Å². The van der Waals surface area contributed by atoms with Gasteiger partial charge >= 0.3 is 5.97 Å². The van der Waals surface area contributed by atoms with Gasteiger partial charge in [-0.15, -0.1) is 0 Å². The van der Waals surface area contributed by atoms with Crippen molar-refractivity contribution >= 4 is 17.3 Å². The Morgan fingerprint density at radius 1 is 1.40 bits per heavy atom. The summed E-state index contributed by atoms with van der Waals surface area (Å²) in [4.78, 5) is 16.1. The maximum absolute atomic E-state index is 12.1. The molecule has 192 valence electrons. The smallest absolute Gasteiger partial charge is 0.306 e. The minimum Gasteiger partial charge on any atom is -0.463 e. The van der Waals surface area contributed by atoms with Crippen LogP contribution < -0.4 is 5.73 Å². The number of anilines is 1. The maximum Gasteiger partial charge on any atom is 0.306 e. The van der Waals surface area contributed by atoms with Crippen molar-refractivity contribution in [1.82, 2.24) is 14.6 Å². The fourth-order valence-electron chi connectivity index (χ4n) is 3.73. The van der Waals surface area contributed by atoms with Gasteiger partial charge in [-0.3, -0.25) is 4.79 Å². The molecule has 12 nitrogen and oxygen atoms in total. The number of nitriles is 1. The van der Waals surface area contributed by atoms with Crippen LogP contribution in [0.25, 0.3) is 5.52 Å². The Bertz CT molecular complexity index is 1080. The van der Waals surface area contributed by atoms with Crippen molar-refractivity contribution in [2.75, 3.05) is 19.1 Å².